The first-order chi connectivity index (χ1) is 6.77. The molecule has 0 aromatic heterocycles. The van der Waals surface area contributed by atoms with Crippen molar-refractivity contribution in [1.29, 1.82) is 0 Å². The third-order valence-electron chi connectivity index (χ3n) is 3.38. The molecule has 14 heavy (non-hydrogen) atoms. The third kappa shape index (κ3) is 2.27. The Bertz CT molecular complexity index is 184. The average Bonchev–Trinajstić information content (AvgIpc) is 2.41. The minimum absolute atomic E-state index is 0.425. The molecule has 0 aromatic carbocycles. The molecule has 2 heterocycles. The molecule has 3 nitrogen and oxygen atoms in total. The second kappa shape index (κ2) is 4.60. The van der Waals surface area contributed by atoms with E-state index in [0.29, 0.717) is 18.2 Å². The van der Waals surface area contributed by atoms with Crippen molar-refractivity contribution in [2.75, 3.05) is 26.2 Å². The lowest BCUT2D eigenvalue weighted by atomic mass is 10.0. The van der Waals surface area contributed by atoms with Gasteiger partial charge in [-0.1, -0.05) is 0 Å². The summed E-state index contributed by atoms with van der Waals surface area (Å²) >= 11 is 0. The fourth-order valence-electron chi connectivity index (χ4n) is 2.41. The smallest absolute Gasteiger partial charge is 0.0855 e. The molecule has 1 N–H and O–H groups in total. The number of hydrogen-bond acceptors (Lipinski definition) is 3. The average molecular weight is 198 g/mol. The van der Waals surface area contributed by atoms with Gasteiger partial charge in [-0.15, -0.1) is 0 Å². The Morgan fingerprint density at radius 3 is 3.07 bits per heavy atom. The van der Waals surface area contributed by atoms with Crippen molar-refractivity contribution in [3.05, 3.63) is 0 Å². The van der Waals surface area contributed by atoms with E-state index in [-0.39, 0.29) is 0 Å². The standard InChI is InChI=1S/C11H22N2O/c1-9(2)13-6-4-10-11(8-13)14-7-3-5-12-10/h9-12H,3-8H2,1-2H3/t10-,11-/m1/s1. The maximum atomic E-state index is 5.88. The molecule has 2 atom stereocenters. The second-order valence-corrected chi connectivity index (χ2v) is 4.70. The monoisotopic (exact) mass is 198 g/mol. The SMILES string of the molecule is CC(C)N1CC[C@H]2NCCCO[C@@H]2C1. The number of hydrogen-bond donors (Lipinski definition) is 1. The number of likely N-dealkylation sites (tertiary alicyclic amines) is 1. The Labute approximate surface area is 86.8 Å². The van der Waals surface area contributed by atoms with Crippen molar-refractivity contribution in [1.82, 2.24) is 10.2 Å². The number of ether oxygens (including phenoxy) is 1. The van der Waals surface area contributed by atoms with E-state index in [4.69, 9.17) is 4.74 Å². The molecule has 2 fully saturated rings. The number of rotatable bonds is 1. The number of fused-ring (bicyclic) bond motifs is 1. The molecular weight excluding hydrogens is 176 g/mol. The highest BCUT2D eigenvalue weighted by molar-refractivity contribution is 4.88. The van der Waals surface area contributed by atoms with Crippen LogP contribution in [0.25, 0.3) is 0 Å². The Balaban J connectivity index is 1.93. The van der Waals surface area contributed by atoms with E-state index in [1.165, 1.54) is 13.0 Å². The van der Waals surface area contributed by atoms with Crippen LogP contribution >= 0.6 is 0 Å². The van der Waals surface area contributed by atoms with Crippen LogP contribution in [0, 0.1) is 0 Å². The van der Waals surface area contributed by atoms with Crippen LogP contribution in [0.1, 0.15) is 26.7 Å². The van der Waals surface area contributed by atoms with Crippen molar-refractivity contribution < 1.29 is 4.74 Å². The minimum atomic E-state index is 0.425. The zero-order valence-electron chi connectivity index (χ0n) is 9.33. The third-order valence-corrected chi connectivity index (χ3v) is 3.38. The molecule has 2 saturated heterocycles. The van der Waals surface area contributed by atoms with Gasteiger partial charge in [-0.2, -0.15) is 0 Å². The lowest BCUT2D eigenvalue weighted by molar-refractivity contribution is -0.0168. The van der Waals surface area contributed by atoms with Gasteiger partial charge in [0.2, 0.25) is 0 Å². The topological polar surface area (TPSA) is 24.5 Å². The van der Waals surface area contributed by atoms with Gasteiger partial charge in [-0.25, -0.2) is 0 Å². The van der Waals surface area contributed by atoms with Crippen molar-refractivity contribution in [3.8, 4) is 0 Å². The van der Waals surface area contributed by atoms with Crippen LogP contribution in [0.3, 0.4) is 0 Å². The summed E-state index contributed by atoms with van der Waals surface area (Å²) in [6, 6.07) is 1.26. The molecule has 0 aromatic rings. The largest absolute Gasteiger partial charge is 0.375 e. The summed E-state index contributed by atoms with van der Waals surface area (Å²) in [5, 5.41) is 3.59. The molecule has 82 valence electrons. The van der Waals surface area contributed by atoms with Gasteiger partial charge in [0.05, 0.1) is 6.10 Å². The van der Waals surface area contributed by atoms with Gasteiger partial charge in [0.1, 0.15) is 0 Å². The van der Waals surface area contributed by atoms with Crippen molar-refractivity contribution in [2.45, 2.75) is 44.9 Å². The van der Waals surface area contributed by atoms with E-state index in [1.807, 2.05) is 0 Å². The van der Waals surface area contributed by atoms with Gasteiger partial charge in [0, 0.05) is 31.8 Å². The quantitative estimate of drug-likeness (QED) is 0.676. The Morgan fingerprint density at radius 1 is 1.43 bits per heavy atom. The van der Waals surface area contributed by atoms with Crippen molar-refractivity contribution >= 4 is 0 Å². The predicted molar refractivity (Wildman–Crippen MR) is 57.5 cm³/mol. The summed E-state index contributed by atoms with van der Waals surface area (Å²) < 4.78 is 5.88. The number of nitrogens with zero attached hydrogens (tertiary/aromatic N) is 1. The van der Waals surface area contributed by atoms with Crippen LogP contribution in [0.2, 0.25) is 0 Å². The van der Waals surface area contributed by atoms with Crippen LogP contribution in [0.15, 0.2) is 0 Å². The summed E-state index contributed by atoms with van der Waals surface area (Å²) in [6.45, 7) is 8.92. The zero-order chi connectivity index (χ0) is 9.97. The lowest BCUT2D eigenvalue weighted by Gasteiger charge is -2.39. The molecule has 2 aliphatic heterocycles. The van der Waals surface area contributed by atoms with Crippen LogP contribution in [-0.2, 0) is 4.74 Å². The van der Waals surface area contributed by atoms with Gasteiger partial charge in [-0.05, 0) is 33.2 Å². The molecule has 0 radical (unpaired) electrons. The molecule has 0 aliphatic carbocycles. The fraction of sp³-hybridized carbons (Fsp3) is 1.00. The highest BCUT2D eigenvalue weighted by atomic mass is 16.5. The summed E-state index contributed by atoms with van der Waals surface area (Å²) in [4.78, 5) is 2.52. The van der Waals surface area contributed by atoms with Gasteiger partial charge < -0.3 is 10.1 Å². The molecule has 0 amide bonds. The molecule has 3 heteroatoms. The molecule has 0 bridgehead atoms. The molecule has 0 spiro atoms. The minimum Gasteiger partial charge on any atom is -0.375 e. The van der Waals surface area contributed by atoms with Crippen LogP contribution in [0.4, 0.5) is 0 Å². The van der Waals surface area contributed by atoms with E-state index >= 15 is 0 Å². The van der Waals surface area contributed by atoms with Crippen molar-refractivity contribution in [2.24, 2.45) is 0 Å². The van der Waals surface area contributed by atoms with E-state index in [2.05, 4.69) is 24.1 Å². The first-order valence-electron chi connectivity index (χ1n) is 5.86. The molecule has 2 aliphatic rings. The summed E-state index contributed by atoms with van der Waals surface area (Å²) in [5.74, 6) is 0. The van der Waals surface area contributed by atoms with Gasteiger partial charge in [-0.3, -0.25) is 4.90 Å². The highest BCUT2D eigenvalue weighted by Crippen LogP contribution is 2.18. The molecule has 2 rings (SSSR count). The van der Waals surface area contributed by atoms with E-state index in [0.717, 1.165) is 26.1 Å². The number of nitrogens with one attached hydrogen (secondary N) is 1. The summed E-state index contributed by atoms with van der Waals surface area (Å²) in [6.07, 6.45) is 2.82. The zero-order valence-corrected chi connectivity index (χ0v) is 9.33. The van der Waals surface area contributed by atoms with Gasteiger partial charge in [0.15, 0.2) is 0 Å². The van der Waals surface area contributed by atoms with Crippen LogP contribution in [0.5, 0.6) is 0 Å². The maximum absolute atomic E-state index is 5.88. The normalized spacial score (nSPS) is 35.4. The Hall–Kier alpha value is -0.120. The maximum Gasteiger partial charge on any atom is 0.0855 e. The van der Waals surface area contributed by atoms with Gasteiger partial charge in [0.25, 0.3) is 0 Å². The molecular formula is C11H22N2O. The van der Waals surface area contributed by atoms with E-state index in [1.54, 1.807) is 0 Å². The van der Waals surface area contributed by atoms with E-state index in [9.17, 15) is 0 Å². The molecule has 0 unspecified atom stereocenters. The number of piperidine rings is 1. The van der Waals surface area contributed by atoms with Gasteiger partial charge >= 0.3 is 0 Å². The Kier molecular flexibility index (Phi) is 3.42. The molecule has 0 saturated carbocycles. The highest BCUT2D eigenvalue weighted by Gasteiger charge is 2.31. The second-order valence-electron chi connectivity index (χ2n) is 4.70. The first-order valence-corrected chi connectivity index (χ1v) is 5.86. The Morgan fingerprint density at radius 2 is 2.29 bits per heavy atom. The van der Waals surface area contributed by atoms with Crippen LogP contribution < -0.4 is 5.32 Å². The first kappa shape index (κ1) is 10.4. The summed E-state index contributed by atoms with van der Waals surface area (Å²) in [7, 11) is 0. The van der Waals surface area contributed by atoms with E-state index < -0.39 is 0 Å². The van der Waals surface area contributed by atoms with Crippen LogP contribution in [-0.4, -0.2) is 49.3 Å². The summed E-state index contributed by atoms with van der Waals surface area (Å²) in [5.41, 5.74) is 0. The lowest BCUT2D eigenvalue weighted by Crippen LogP contribution is -2.54. The predicted octanol–water partition coefficient (Wildman–Crippen LogP) is 0.848. The fourth-order valence-corrected chi connectivity index (χ4v) is 2.41. The van der Waals surface area contributed by atoms with Crippen molar-refractivity contribution in [3.63, 3.8) is 0 Å².